The molecule has 6 nitrogen and oxygen atoms in total. The highest BCUT2D eigenvalue weighted by Gasteiger charge is 2.37. The lowest BCUT2D eigenvalue weighted by molar-refractivity contribution is -0.157. The second-order valence-corrected chi connectivity index (χ2v) is 3.53. The Labute approximate surface area is 103 Å². The van der Waals surface area contributed by atoms with Crippen molar-refractivity contribution in [3.8, 4) is 0 Å². The van der Waals surface area contributed by atoms with Gasteiger partial charge in [0.2, 0.25) is 5.92 Å². The van der Waals surface area contributed by atoms with Gasteiger partial charge in [-0.15, -0.1) is 0 Å². The molecule has 0 aliphatic carbocycles. The molecule has 6 heteroatoms. The van der Waals surface area contributed by atoms with E-state index in [1.54, 1.807) is 37.3 Å². The zero-order chi connectivity index (χ0) is 13.7. The Hall–Kier alpha value is -2.37. The number of carboxylic acid groups (broad SMARTS) is 2. The summed E-state index contributed by atoms with van der Waals surface area (Å²) in [5, 5.41) is 17.6. The van der Waals surface area contributed by atoms with Gasteiger partial charge in [-0.3, -0.25) is 14.4 Å². The van der Waals surface area contributed by atoms with E-state index in [0.29, 0.717) is 5.69 Å². The number of carbonyl (C=O) groups is 3. The highest BCUT2D eigenvalue weighted by atomic mass is 16.4. The van der Waals surface area contributed by atoms with E-state index in [2.05, 4.69) is 0 Å². The third kappa shape index (κ3) is 2.85. The van der Waals surface area contributed by atoms with Gasteiger partial charge in [0.1, 0.15) is 0 Å². The SMILES string of the molecule is CCN(C(=O)C(C(=O)O)C(=O)O)c1ccccc1. The zero-order valence-electron chi connectivity index (χ0n) is 9.74. The number of rotatable bonds is 5. The number of hydrogen-bond donors (Lipinski definition) is 2. The molecule has 0 aliphatic heterocycles. The highest BCUT2D eigenvalue weighted by molar-refractivity contribution is 6.18. The number of benzene rings is 1. The highest BCUT2D eigenvalue weighted by Crippen LogP contribution is 2.16. The number of aliphatic carboxylic acids is 2. The molecule has 1 aromatic carbocycles. The minimum Gasteiger partial charge on any atom is -0.480 e. The van der Waals surface area contributed by atoms with Crippen LogP contribution in [0.3, 0.4) is 0 Å². The molecule has 1 aromatic rings. The van der Waals surface area contributed by atoms with Gasteiger partial charge in [0.05, 0.1) is 0 Å². The smallest absolute Gasteiger partial charge is 0.327 e. The third-order valence-corrected chi connectivity index (χ3v) is 2.39. The fourth-order valence-corrected chi connectivity index (χ4v) is 1.55. The predicted molar refractivity (Wildman–Crippen MR) is 63.2 cm³/mol. The molecule has 0 spiro atoms. The molecule has 0 fully saturated rings. The van der Waals surface area contributed by atoms with Gasteiger partial charge in [0, 0.05) is 12.2 Å². The van der Waals surface area contributed by atoms with E-state index in [9.17, 15) is 14.4 Å². The molecule has 1 rings (SSSR count). The summed E-state index contributed by atoms with van der Waals surface area (Å²) in [6.07, 6.45) is 0. The molecule has 0 saturated carbocycles. The third-order valence-electron chi connectivity index (χ3n) is 2.39. The summed E-state index contributed by atoms with van der Waals surface area (Å²) in [5.41, 5.74) is 0.470. The van der Waals surface area contributed by atoms with Crippen molar-refractivity contribution in [1.82, 2.24) is 0 Å². The topological polar surface area (TPSA) is 94.9 Å². The van der Waals surface area contributed by atoms with Crippen molar-refractivity contribution >= 4 is 23.5 Å². The Kier molecular flexibility index (Phi) is 4.42. The Morgan fingerprint density at radius 2 is 1.61 bits per heavy atom. The molecule has 0 radical (unpaired) electrons. The Bertz CT molecular complexity index is 443. The van der Waals surface area contributed by atoms with E-state index < -0.39 is 23.8 Å². The van der Waals surface area contributed by atoms with Crippen molar-refractivity contribution in [1.29, 1.82) is 0 Å². The average Bonchev–Trinajstić information content (AvgIpc) is 2.30. The average molecular weight is 251 g/mol. The van der Waals surface area contributed by atoms with Crippen LogP contribution in [0.2, 0.25) is 0 Å². The monoisotopic (exact) mass is 251 g/mol. The molecule has 96 valence electrons. The first-order valence-corrected chi connectivity index (χ1v) is 5.31. The number of carbonyl (C=O) groups excluding carboxylic acids is 1. The zero-order valence-corrected chi connectivity index (χ0v) is 9.74. The second kappa shape index (κ2) is 5.81. The molecular formula is C12H13NO5. The van der Waals surface area contributed by atoms with E-state index in [1.807, 2.05) is 0 Å². The molecular weight excluding hydrogens is 238 g/mol. The maximum Gasteiger partial charge on any atom is 0.327 e. The van der Waals surface area contributed by atoms with Crippen LogP contribution in [0.4, 0.5) is 5.69 Å². The fourth-order valence-electron chi connectivity index (χ4n) is 1.55. The van der Waals surface area contributed by atoms with Crippen molar-refractivity contribution in [3.63, 3.8) is 0 Å². The molecule has 0 atom stereocenters. The van der Waals surface area contributed by atoms with Crippen LogP contribution in [-0.4, -0.2) is 34.6 Å². The Morgan fingerprint density at radius 1 is 1.11 bits per heavy atom. The largest absolute Gasteiger partial charge is 0.480 e. The van der Waals surface area contributed by atoms with E-state index >= 15 is 0 Å². The summed E-state index contributed by atoms with van der Waals surface area (Å²) in [5.74, 6) is -6.36. The second-order valence-electron chi connectivity index (χ2n) is 3.53. The summed E-state index contributed by atoms with van der Waals surface area (Å²) in [6, 6.07) is 8.33. The van der Waals surface area contributed by atoms with Crippen LogP contribution in [0.15, 0.2) is 30.3 Å². The van der Waals surface area contributed by atoms with Crippen LogP contribution in [0.25, 0.3) is 0 Å². The maximum absolute atomic E-state index is 11.9. The molecule has 0 heterocycles. The van der Waals surface area contributed by atoms with Crippen LogP contribution in [0.5, 0.6) is 0 Å². The van der Waals surface area contributed by atoms with Crippen molar-refractivity contribution < 1.29 is 24.6 Å². The standard InChI is InChI=1S/C12H13NO5/c1-2-13(8-6-4-3-5-7-8)10(14)9(11(15)16)12(17)18/h3-7,9H,2H2,1H3,(H,15,16)(H,17,18). The van der Waals surface area contributed by atoms with E-state index in [4.69, 9.17) is 10.2 Å². The number of amides is 1. The minimum atomic E-state index is -2.08. The van der Waals surface area contributed by atoms with Crippen molar-refractivity contribution in [2.75, 3.05) is 11.4 Å². The quantitative estimate of drug-likeness (QED) is 0.755. The van der Waals surface area contributed by atoms with Crippen LogP contribution >= 0.6 is 0 Å². The maximum atomic E-state index is 11.9. The summed E-state index contributed by atoms with van der Waals surface area (Å²) in [6.45, 7) is 1.84. The number of nitrogens with zero attached hydrogens (tertiary/aromatic N) is 1. The van der Waals surface area contributed by atoms with Crippen LogP contribution in [0, 0.1) is 5.92 Å². The summed E-state index contributed by atoms with van der Waals surface area (Å²) >= 11 is 0. The normalized spacial score (nSPS) is 10.1. The first kappa shape index (κ1) is 13.7. The minimum absolute atomic E-state index is 0.194. The van der Waals surface area contributed by atoms with Crippen molar-refractivity contribution in [2.24, 2.45) is 5.92 Å². The summed E-state index contributed by atoms with van der Waals surface area (Å²) < 4.78 is 0. The number of hydrogen-bond acceptors (Lipinski definition) is 3. The number of carboxylic acids is 2. The molecule has 0 aromatic heterocycles. The first-order valence-electron chi connectivity index (χ1n) is 5.31. The van der Waals surface area contributed by atoms with Gasteiger partial charge in [-0.2, -0.15) is 0 Å². The summed E-state index contributed by atoms with van der Waals surface area (Å²) in [7, 11) is 0. The van der Waals surface area contributed by atoms with Crippen molar-refractivity contribution in [2.45, 2.75) is 6.92 Å². The number of anilines is 1. The van der Waals surface area contributed by atoms with Gasteiger partial charge >= 0.3 is 11.9 Å². The van der Waals surface area contributed by atoms with Gasteiger partial charge in [-0.1, -0.05) is 18.2 Å². The Morgan fingerprint density at radius 3 is 2.00 bits per heavy atom. The lowest BCUT2D eigenvalue weighted by Crippen LogP contribution is -2.43. The van der Waals surface area contributed by atoms with Gasteiger partial charge in [0.25, 0.3) is 5.91 Å². The molecule has 0 unspecified atom stereocenters. The van der Waals surface area contributed by atoms with E-state index in [0.717, 1.165) is 4.90 Å². The molecule has 18 heavy (non-hydrogen) atoms. The van der Waals surface area contributed by atoms with Gasteiger partial charge in [-0.05, 0) is 19.1 Å². The Balaban J connectivity index is 3.06. The van der Waals surface area contributed by atoms with Gasteiger partial charge in [-0.25, -0.2) is 0 Å². The first-order chi connectivity index (χ1) is 8.49. The summed E-state index contributed by atoms with van der Waals surface area (Å²) in [4.78, 5) is 34.7. The van der Waals surface area contributed by atoms with Crippen molar-refractivity contribution in [3.05, 3.63) is 30.3 Å². The van der Waals surface area contributed by atoms with E-state index in [1.165, 1.54) is 0 Å². The van der Waals surface area contributed by atoms with Gasteiger partial charge in [0.15, 0.2) is 0 Å². The van der Waals surface area contributed by atoms with Crippen LogP contribution in [-0.2, 0) is 14.4 Å². The predicted octanol–water partition coefficient (Wildman–Crippen LogP) is 0.825. The van der Waals surface area contributed by atoms with Gasteiger partial charge < -0.3 is 15.1 Å². The lowest BCUT2D eigenvalue weighted by Gasteiger charge is -2.22. The molecule has 1 amide bonds. The van der Waals surface area contributed by atoms with Crippen LogP contribution < -0.4 is 4.90 Å². The lowest BCUT2D eigenvalue weighted by atomic mass is 10.1. The molecule has 2 N–H and O–H groups in total. The van der Waals surface area contributed by atoms with Crippen LogP contribution in [0.1, 0.15) is 6.92 Å². The molecule has 0 bridgehead atoms. The number of para-hydroxylation sites is 1. The molecule has 0 aliphatic rings. The van der Waals surface area contributed by atoms with E-state index in [-0.39, 0.29) is 6.54 Å². The molecule has 0 saturated heterocycles. The fraction of sp³-hybridized carbons (Fsp3) is 0.250.